The van der Waals surface area contributed by atoms with Gasteiger partial charge in [-0.25, -0.2) is 4.79 Å². The van der Waals surface area contributed by atoms with Gasteiger partial charge in [-0.3, -0.25) is 0 Å². The second-order valence-corrected chi connectivity index (χ2v) is 4.75. The normalized spacial score (nSPS) is 21.4. The minimum atomic E-state index is -0.124. The number of carbonyl (C=O) groups is 1. The standard InChI is InChI=1S/C14H20N2O2/c1-10-9-11-5-3-4-6-12(11)13(10)16-14(17)15-7-8-18-2/h3-6,10,13H,7-9H2,1-2H3,(H2,15,16,17)/t10-,13-/m0/s1. The van der Waals surface area contributed by atoms with E-state index in [-0.39, 0.29) is 12.1 Å². The first-order chi connectivity index (χ1) is 8.72. The molecule has 0 aromatic heterocycles. The van der Waals surface area contributed by atoms with E-state index in [2.05, 4.69) is 29.7 Å². The molecule has 0 spiro atoms. The average molecular weight is 248 g/mol. The monoisotopic (exact) mass is 248 g/mol. The Morgan fingerprint density at radius 2 is 2.22 bits per heavy atom. The zero-order chi connectivity index (χ0) is 13.0. The Hall–Kier alpha value is -1.55. The molecule has 0 fully saturated rings. The van der Waals surface area contributed by atoms with Crippen LogP contribution in [0.5, 0.6) is 0 Å². The van der Waals surface area contributed by atoms with Crippen molar-refractivity contribution in [3.8, 4) is 0 Å². The molecule has 2 amide bonds. The predicted octanol–water partition coefficient (Wildman–Crippen LogP) is 1.87. The van der Waals surface area contributed by atoms with Crippen LogP contribution in [0.25, 0.3) is 0 Å². The summed E-state index contributed by atoms with van der Waals surface area (Å²) in [4.78, 5) is 11.8. The van der Waals surface area contributed by atoms with Crippen LogP contribution in [0.4, 0.5) is 4.79 Å². The fourth-order valence-corrected chi connectivity index (χ4v) is 2.47. The van der Waals surface area contributed by atoms with Gasteiger partial charge in [-0.2, -0.15) is 0 Å². The molecule has 1 aliphatic carbocycles. The van der Waals surface area contributed by atoms with E-state index >= 15 is 0 Å². The van der Waals surface area contributed by atoms with Crippen molar-refractivity contribution in [1.82, 2.24) is 10.6 Å². The van der Waals surface area contributed by atoms with Gasteiger partial charge in [0.05, 0.1) is 12.6 Å². The van der Waals surface area contributed by atoms with Crippen molar-refractivity contribution in [1.29, 1.82) is 0 Å². The summed E-state index contributed by atoms with van der Waals surface area (Å²) in [6.07, 6.45) is 1.03. The number of nitrogens with one attached hydrogen (secondary N) is 2. The molecule has 2 N–H and O–H groups in total. The first-order valence-electron chi connectivity index (χ1n) is 6.33. The number of urea groups is 1. The fourth-order valence-electron chi connectivity index (χ4n) is 2.47. The Kier molecular flexibility index (Phi) is 4.20. The molecule has 0 radical (unpaired) electrons. The van der Waals surface area contributed by atoms with E-state index in [9.17, 15) is 4.79 Å². The van der Waals surface area contributed by atoms with Crippen molar-refractivity contribution in [2.45, 2.75) is 19.4 Å². The van der Waals surface area contributed by atoms with Crippen molar-refractivity contribution >= 4 is 6.03 Å². The van der Waals surface area contributed by atoms with Gasteiger partial charge in [-0.15, -0.1) is 0 Å². The van der Waals surface area contributed by atoms with E-state index < -0.39 is 0 Å². The van der Waals surface area contributed by atoms with E-state index in [0.29, 0.717) is 19.1 Å². The van der Waals surface area contributed by atoms with E-state index in [1.54, 1.807) is 7.11 Å². The van der Waals surface area contributed by atoms with Crippen molar-refractivity contribution in [3.63, 3.8) is 0 Å². The van der Waals surface area contributed by atoms with Crippen molar-refractivity contribution < 1.29 is 9.53 Å². The van der Waals surface area contributed by atoms with Gasteiger partial charge in [0.15, 0.2) is 0 Å². The molecule has 18 heavy (non-hydrogen) atoms. The number of hydrogen-bond donors (Lipinski definition) is 2. The van der Waals surface area contributed by atoms with Crippen LogP contribution >= 0.6 is 0 Å². The molecule has 1 aromatic rings. The van der Waals surface area contributed by atoms with Gasteiger partial charge in [0, 0.05) is 13.7 Å². The summed E-state index contributed by atoms with van der Waals surface area (Å²) in [5.74, 6) is 0.440. The highest BCUT2D eigenvalue weighted by Gasteiger charge is 2.29. The third kappa shape index (κ3) is 2.82. The number of carbonyl (C=O) groups excluding carboxylic acids is 1. The lowest BCUT2D eigenvalue weighted by molar-refractivity contribution is 0.194. The third-order valence-electron chi connectivity index (χ3n) is 3.38. The van der Waals surface area contributed by atoms with Gasteiger partial charge < -0.3 is 15.4 Å². The van der Waals surface area contributed by atoms with Gasteiger partial charge in [-0.1, -0.05) is 31.2 Å². The molecule has 0 unspecified atom stereocenters. The highest BCUT2D eigenvalue weighted by molar-refractivity contribution is 5.74. The van der Waals surface area contributed by atoms with Crippen LogP contribution in [0.2, 0.25) is 0 Å². The molecule has 98 valence electrons. The molecule has 1 aromatic carbocycles. The smallest absolute Gasteiger partial charge is 0.315 e. The highest BCUT2D eigenvalue weighted by Crippen LogP contribution is 2.35. The highest BCUT2D eigenvalue weighted by atomic mass is 16.5. The predicted molar refractivity (Wildman–Crippen MR) is 70.5 cm³/mol. The molecular weight excluding hydrogens is 228 g/mol. The summed E-state index contributed by atoms with van der Waals surface area (Å²) < 4.78 is 4.90. The lowest BCUT2D eigenvalue weighted by atomic mass is 10.0. The van der Waals surface area contributed by atoms with Crippen LogP contribution in [-0.4, -0.2) is 26.3 Å². The summed E-state index contributed by atoms with van der Waals surface area (Å²) in [6.45, 7) is 3.23. The molecule has 2 atom stereocenters. The fraction of sp³-hybridized carbons (Fsp3) is 0.500. The molecule has 0 bridgehead atoms. The first-order valence-corrected chi connectivity index (χ1v) is 6.33. The lowest BCUT2D eigenvalue weighted by Crippen LogP contribution is -2.40. The zero-order valence-corrected chi connectivity index (χ0v) is 10.9. The maximum Gasteiger partial charge on any atom is 0.315 e. The van der Waals surface area contributed by atoms with E-state index in [1.165, 1.54) is 11.1 Å². The minimum Gasteiger partial charge on any atom is -0.383 e. The van der Waals surface area contributed by atoms with Crippen LogP contribution in [0.15, 0.2) is 24.3 Å². The van der Waals surface area contributed by atoms with Crippen LogP contribution in [-0.2, 0) is 11.2 Å². The molecule has 0 saturated carbocycles. The van der Waals surface area contributed by atoms with Crippen molar-refractivity contribution in [3.05, 3.63) is 35.4 Å². The summed E-state index contributed by atoms with van der Waals surface area (Å²) in [5.41, 5.74) is 2.58. The molecule has 4 nitrogen and oxygen atoms in total. The first kappa shape index (κ1) is 12.9. The number of benzene rings is 1. The Labute approximate surface area is 108 Å². The second kappa shape index (κ2) is 5.87. The Bertz CT molecular complexity index is 420. The summed E-state index contributed by atoms with van der Waals surface area (Å²) in [6, 6.07) is 8.29. The largest absolute Gasteiger partial charge is 0.383 e. The lowest BCUT2D eigenvalue weighted by Gasteiger charge is -2.19. The number of amides is 2. The van der Waals surface area contributed by atoms with Crippen LogP contribution in [0, 0.1) is 5.92 Å². The maximum atomic E-state index is 11.8. The van der Waals surface area contributed by atoms with Crippen molar-refractivity contribution in [2.24, 2.45) is 5.92 Å². The van der Waals surface area contributed by atoms with Gasteiger partial charge in [0.1, 0.15) is 0 Å². The van der Waals surface area contributed by atoms with Crippen LogP contribution in [0.1, 0.15) is 24.1 Å². The second-order valence-electron chi connectivity index (χ2n) is 4.75. The maximum absolute atomic E-state index is 11.8. The van der Waals surface area contributed by atoms with Crippen LogP contribution < -0.4 is 10.6 Å². The van der Waals surface area contributed by atoms with Crippen LogP contribution in [0.3, 0.4) is 0 Å². The minimum absolute atomic E-state index is 0.115. The van der Waals surface area contributed by atoms with Gasteiger partial charge in [-0.05, 0) is 23.5 Å². The molecule has 1 aliphatic rings. The summed E-state index contributed by atoms with van der Waals surface area (Å²) >= 11 is 0. The number of methoxy groups -OCH3 is 1. The van der Waals surface area contributed by atoms with E-state index in [1.807, 2.05) is 12.1 Å². The SMILES string of the molecule is COCCNC(=O)N[C@@H]1c2ccccc2C[C@@H]1C. The van der Waals surface area contributed by atoms with Gasteiger partial charge >= 0.3 is 6.03 Å². The Balaban J connectivity index is 1.95. The molecule has 4 heteroatoms. The Morgan fingerprint density at radius 3 is 3.00 bits per heavy atom. The molecule has 0 aliphatic heterocycles. The number of hydrogen-bond acceptors (Lipinski definition) is 2. The van der Waals surface area contributed by atoms with Crippen molar-refractivity contribution in [2.75, 3.05) is 20.3 Å². The average Bonchev–Trinajstić information content (AvgIpc) is 2.67. The molecular formula is C14H20N2O2. The van der Waals surface area contributed by atoms with E-state index in [4.69, 9.17) is 4.74 Å². The molecule has 0 heterocycles. The van der Waals surface area contributed by atoms with Gasteiger partial charge in [0.2, 0.25) is 0 Å². The molecule has 0 saturated heterocycles. The quantitative estimate of drug-likeness (QED) is 0.799. The third-order valence-corrected chi connectivity index (χ3v) is 3.38. The topological polar surface area (TPSA) is 50.4 Å². The number of fused-ring (bicyclic) bond motifs is 1. The van der Waals surface area contributed by atoms with E-state index in [0.717, 1.165) is 6.42 Å². The zero-order valence-electron chi connectivity index (χ0n) is 10.9. The Morgan fingerprint density at radius 1 is 1.44 bits per heavy atom. The number of rotatable bonds is 4. The number of ether oxygens (including phenoxy) is 1. The summed E-state index contributed by atoms with van der Waals surface area (Å²) in [7, 11) is 1.62. The summed E-state index contributed by atoms with van der Waals surface area (Å²) in [5, 5.41) is 5.82. The van der Waals surface area contributed by atoms with Gasteiger partial charge in [0.25, 0.3) is 0 Å². The molecule has 2 rings (SSSR count).